The van der Waals surface area contributed by atoms with Gasteiger partial charge in [0.1, 0.15) is 23.8 Å². The smallest absolute Gasteiger partial charge is 0.260 e. The van der Waals surface area contributed by atoms with Crippen LogP contribution in [0.2, 0.25) is 0 Å². The van der Waals surface area contributed by atoms with Gasteiger partial charge < -0.3 is 9.47 Å². The van der Waals surface area contributed by atoms with Crippen molar-refractivity contribution in [2.45, 2.75) is 0 Å². The minimum Gasteiger partial charge on any atom is -0.496 e. The van der Waals surface area contributed by atoms with Crippen molar-refractivity contribution in [2.75, 3.05) is 24.2 Å². The standard InChI is InChI=1S/C23H23N3O5S/c1-30-22-11-7-6-8-18(22)16-24-25-23(27)17-26(32(2,28)29)19-12-14-21(15-13-19)31-20-9-4-3-5-10-20/h3-16H,17H2,1-2H3,(H,25,27)/b24-16-. The summed E-state index contributed by atoms with van der Waals surface area (Å²) in [4.78, 5) is 12.3. The average Bonchev–Trinajstić information content (AvgIpc) is 2.78. The van der Waals surface area contributed by atoms with Gasteiger partial charge in [-0.2, -0.15) is 5.10 Å². The predicted octanol–water partition coefficient (Wildman–Crippen LogP) is 3.40. The maximum Gasteiger partial charge on any atom is 0.260 e. The molecule has 0 bridgehead atoms. The van der Waals surface area contributed by atoms with E-state index in [2.05, 4.69) is 10.5 Å². The predicted molar refractivity (Wildman–Crippen MR) is 124 cm³/mol. The molecule has 32 heavy (non-hydrogen) atoms. The Labute approximate surface area is 187 Å². The van der Waals surface area contributed by atoms with Crippen LogP contribution in [0, 0.1) is 0 Å². The highest BCUT2D eigenvalue weighted by Gasteiger charge is 2.20. The lowest BCUT2D eigenvalue weighted by Gasteiger charge is -2.21. The molecule has 0 aliphatic heterocycles. The maximum atomic E-state index is 12.3. The van der Waals surface area contributed by atoms with Crippen molar-refractivity contribution in [3.8, 4) is 17.2 Å². The fourth-order valence-electron chi connectivity index (χ4n) is 2.82. The molecule has 0 atom stereocenters. The van der Waals surface area contributed by atoms with Gasteiger partial charge in [-0.25, -0.2) is 13.8 Å². The molecule has 0 radical (unpaired) electrons. The molecule has 3 rings (SSSR count). The second-order valence-corrected chi connectivity index (χ2v) is 8.62. The first kappa shape index (κ1) is 22.8. The van der Waals surface area contributed by atoms with Crippen LogP contribution in [0.25, 0.3) is 0 Å². The fourth-order valence-corrected chi connectivity index (χ4v) is 3.67. The van der Waals surface area contributed by atoms with Crippen molar-refractivity contribution in [3.63, 3.8) is 0 Å². The number of ether oxygens (including phenoxy) is 2. The first-order valence-electron chi connectivity index (χ1n) is 9.62. The van der Waals surface area contributed by atoms with Crippen LogP contribution in [0.3, 0.4) is 0 Å². The Balaban J connectivity index is 1.67. The van der Waals surface area contributed by atoms with Gasteiger partial charge in [0.2, 0.25) is 10.0 Å². The van der Waals surface area contributed by atoms with Crippen molar-refractivity contribution < 1.29 is 22.7 Å². The number of rotatable bonds is 9. The van der Waals surface area contributed by atoms with E-state index < -0.39 is 22.5 Å². The number of methoxy groups -OCH3 is 1. The average molecular weight is 454 g/mol. The highest BCUT2D eigenvalue weighted by molar-refractivity contribution is 7.92. The van der Waals surface area contributed by atoms with Crippen molar-refractivity contribution >= 4 is 27.8 Å². The second-order valence-electron chi connectivity index (χ2n) is 6.71. The SMILES string of the molecule is COc1ccccc1/C=N\NC(=O)CN(c1ccc(Oc2ccccc2)cc1)S(C)(=O)=O. The van der Waals surface area contributed by atoms with Crippen molar-refractivity contribution in [1.82, 2.24) is 5.43 Å². The van der Waals surface area contributed by atoms with E-state index in [0.717, 1.165) is 10.6 Å². The van der Waals surface area contributed by atoms with E-state index in [4.69, 9.17) is 9.47 Å². The topological polar surface area (TPSA) is 97.3 Å². The molecule has 8 nitrogen and oxygen atoms in total. The second kappa shape index (κ2) is 10.5. The molecule has 166 valence electrons. The third-order valence-electron chi connectivity index (χ3n) is 4.32. The zero-order valence-electron chi connectivity index (χ0n) is 17.6. The van der Waals surface area contributed by atoms with Crippen LogP contribution in [-0.4, -0.2) is 40.4 Å². The molecule has 0 aromatic heterocycles. The van der Waals surface area contributed by atoms with Crippen molar-refractivity contribution in [1.29, 1.82) is 0 Å². The van der Waals surface area contributed by atoms with Gasteiger partial charge >= 0.3 is 0 Å². The number of sulfonamides is 1. The van der Waals surface area contributed by atoms with Gasteiger partial charge in [0.15, 0.2) is 0 Å². The lowest BCUT2D eigenvalue weighted by molar-refractivity contribution is -0.119. The minimum atomic E-state index is -3.71. The molecule has 3 aromatic carbocycles. The van der Waals surface area contributed by atoms with Crippen LogP contribution in [0.5, 0.6) is 17.2 Å². The summed E-state index contributed by atoms with van der Waals surface area (Å²) in [5, 5.41) is 3.89. The zero-order valence-corrected chi connectivity index (χ0v) is 18.5. The third-order valence-corrected chi connectivity index (χ3v) is 5.46. The monoisotopic (exact) mass is 453 g/mol. The van der Waals surface area contributed by atoms with E-state index in [0.29, 0.717) is 28.5 Å². The summed E-state index contributed by atoms with van der Waals surface area (Å²) < 4.78 is 36.5. The molecule has 9 heteroatoms. The fraction of sp³-hybridized carbons (Fsp3) is 0.130. The van der Waals surface area contributed by atoms with Gasteiger partial charge in [-0.3, -0.25) is 9.10 Å². The minimum absolute atomic E-state index is 0.330. The summed E-state index contributed by atoms with van der Waals surface area (Å²) in [6.07, 6.45) is 2.46. The number of carbonyl (C=O) groups excluding carboxylic acids is 1. The molecule has 1 N–H and O–H groups in total. The normalized spacial score (nSPS) is 11.2. The molecule has 0 unspecified atom stereocenters. The quantitative estimate of drug-likeness (QED) is 0.396. The molecule has 0 spiro atoms. The number of benzene rings is 3. The van der Waals surface area contributed by atoms with E-state index >= 15 is 0 Å². The van der Waals surface area contributed by atoms with Gasteiger partial charge in [0.05, 0.1) is 25.3 Å². The molecule has 0 fully saturated rings. The van der Waals surface area contributed by atoms with Crippen LogP contribution >= 0.6 is 0 Å². The van der Waals surface area contributed by atoms with Gasteiger partial charge in [-0.15, -0.1) is 0 Å². The largest absolute Gasteiger partial charge is 0.496 e. The van der Waals surface area contributed by atoms with Gasteiger partial charge in [0, 0.05) is 5.56 Å². The molecule has 0 heterocycles. The number of nitrogens with zero attached hydrogens (tertiary/aromatic N) is 2. The van der Waals surface area contributed by atoms with Gasteiger partial charge in [-0.1, -0.05) is 30.3 Å². The Bertz CT molecular complexity index is 1180. The summed E-state index contributed by atoms with van der Waals surface area (Å²) in [5.41, 5.74) is 3.34. The number of anilines is 1. The van der Waals surface area contributed by atoms with E-state index in [1.54, 1.807) is 36.4 Å². The van der Waals surface area contributed by atoms with Crippen molar-refractivity contribution in [2.24, 2.45) is 5.10 Å². The van der Waals surface area contributed by atoms with Crippen LogP contribution in [-0.2, 0) is 14.8 Å². The van der Waals surface area contributed by atoms with Crippen LogP contribution < -0.4 is 19.2 Å². The van der Waals surface area contributed by atoms with E-state index in [1.165, 1.54) is 13.3 Å². The number of carbonyl (C=O) groups is 1. The number of hydrogen-bond acceptors (Lipinski definition) is 6. The van der Waals surface area contributed by atoms with Gasteiger partial charge in [-0.05, 0) is 48.5 Å². The summed E-state index contributed by atoms with van der Waals surface area (Å²) >= 11 is 0. The maximum absolute atomic E-state index is 12.3. The Morgan fingerprint density at radius 2 is 1.59 bits per heavy atom. The van der Waals surface area contributed by atoms with Crippen LogP contribution in [0.1, 0.15) is 5.56 Å². The van der Waals surface area contributed by atoms with E-state index in [1.807, 2.05) is 42.5 Å². The first-order chi connectivity index (χ1) is 15.4. The Morgan fingerprint density at radius 1 is 0.969 bits per heavy atom. The van der Waals surface area contributed by atoms with Gasteiger partial charge in [0.25, 0.3) is 5.91 Å². The molecular formula is C23H23N3O5S. The lowest BCUT2D eigenvalue weighted by Crippen LogP contribution is -2.39. The first-order valence-corrected chi connectivity index (χ1v) is 11.5. The van der Waals surface area contributed by atoms with Crippen LogP contribution in [0.15, 0.2) is 84.0 Å². The zero-order chi connectivity index (χ0) is 23.0. The Morgan fingerprint density at radius 3 is 2.25 bits per heavy atom. The van der Waals surface area contributed by atoms with Crippen molar-refractivity contribution in [3.05, 3.63) is 84.4 Å². The number of hydrazone groups is 1. The Kier molecular flexibility index (Phi) is 7.45. The van der Waals surface area contributed by atoms with E-state index in [9.17, 15) is 13.2 Å². The summed E-state index contributed by atoms with van der Waals surface area (Å²) in [6.45, 7) is -0.430. The molecule has 0 aliphatic rings. The number of hydrogen-bond donors (Lipinski definition) is 1. The van der Waals surface area contributed by atoms with Crippen LogP contribution in [0.4, 0.5) is 5.69 Å². The summed E-state index contributed by atoms with van der Waals surface area (Å²) in [7, 11) is -2.18. The molecular weight excluding hydrogens is 430 g/mol. The third kappa shape index (κ3) is 6.32. The number of amides is 1. The Hall–Kier alpha value is -3.85. The molecule has 0 saturated carbocycles. The molecule has 1 amide bonds. The summed E-state index contributed by atoms with van der Waals surface area (Å²) in [5.74, 6) is 1.21. The molecule has 0 saturated heterocycles. The van der Waals surface area contributed by atoms with E-state index in [-0.39, 0.29) is 0 Å². The number of para-hydroxylation sites is 2. The number of nitrogens with one attached hydrogen (secondary N) is 1. The summed E-state index contributed by atoms with van der Waals surface area (Å²) in [6, 6.07) is 22.8. The highest BCUT2D eigenvalue weighted by atomic mass is 32.2. The molecule has 0 aliphatic carbocycles. The highest BCUT2D eigenvalue weighted by Crippen LogP contribution is 2.25. The lowest BCUT2D eigenvalue weighted by atomic mass is 10.2. The molecule has 3 aromatic rings.